The molecule has 4 nitrogen and oxygen atoms in total. The number of aliphatic hydroxyl groups is 2. The molecule has 0 saturated carbocycles. The molecule has 0 bridgehead atoms. The topological polar surface area (TPSA) is 62.2 Å². The molecule has 144 valence electrons. The molecule has 0 amide bonds. The molecule has 2 aliphatic heterocycles. The fraction of sp³-hybridized carbons (Fsp3) is 0.368. The zero-order valence-corrected chi connectivity index (χ0v) is 15.4. The van der Waals surface area contributed by atoms with Crippen LogP contribution in [0.25, 0.3) is 0 Å². The molecule has 0 aromatic heterocycles. The SMILES string of the molecule is OCC1OC(c2ccc(Cl)c(Cc3ccc(Cl)cc3)c2)C2OC2(O)C1(F)F. The van der Waals surface area contributed by atoms with Gasteiger partial charge in [0.15, 0.2) is 12.2 Å². The number of hydrogen-bond donors (Lipinski definition) is 2. The van der Waals surface area contributed by atoms with E-state index in [0.29, 0.717) is 22.0 Å². The zero-order chi connectivity index (χ0) is 19.4. The van der Waals surface area contributed by atoms with Gasteiger partial charge < -0.3 is 19.7 Å². The molecular formula is C19H16Cl2F2O4. The van der Waals surface area contributed by atoms with Crippen LogP contribution in [0.3, 0.4) is 0 Å². The largest absolute Gasteiger partial charge is 0.393 e. The van der Waals surface area contributed by atoms with Crippen molar-refractivity contribution in [3.63, 3.8) is 0 Å². The van der Waals surface area contributed by atoms with Crippen LogP contribution in [0.5, 0.6) is 0 Å². The lowest BCUT2D eigenvalue weighted by Gasteiger charge is -2.35. The number of halogens is 4. The first-order valence-corrected chi connectivity index (χ1v) is 9.09. The third-order valence-electron chi connectivity index (χ3n) is 4.97. The molecule has 0 spiro atoms. The van der Waals surface area contributed by atoms with Gasteiger partial charge in [0.2, 0.25) is 0 Å². The molecule has 4 rings (SSSR count). The highest BCUT2D eigenvalue weighted by atomic mass is 35.5. The Labute approximate surface area is 164 Å². The summed E-state index contributed by atoms with van der Waals surface area (Å²) in [6.45, 7) is -0.937. The van der Waals surface area contributed by atoms with E-state index in [0.717, 1.165) is 11.1 Å². The third kappa shape index (κ3) is 3.14. The van der Waals surface area contributed by atoms with Crippen molar-refractivity contribution >= 4 is 23.2 Å². The van der Waals surface area contributed by atoms with Crippen LogP contribution >= 0.6 is 23.2 Å². The van der Waals surface area contributed by atoms with Crippen LogP contribution in [-0.2, 0) is 15.9 Å². The lowest BCUT2D eigenvalue weighted by atomic mass is 9.92. The van der Waals surface area contributed by atoms with Gasteiger partial charge in [-0.1, -0.05) is 47.5 Å². The van der Waals surface area contributed by atoms with Crippen LogP contribution < -0.4 is 0 Å². The highest BCUT2D eigenvalue weighted by Crippen LogP contribution is 2.58. The van der Waals surface area contributed by atoms with Crippen LogP contribution in [0.2, 0.25) is 10.0 Å². The molecule has 0 aliphatic carbocycles. The Morgan fingerprint density at radius 3 is 2.44 bits per heavy atom. The molecule has 8 heteroatoms. The average Bonchev–Trinajstić information content (AvgIpc) is 3.33. The molecule has 4 atom stereocenters. The van der Waals surface area contributed by atoms with Crippen molar-refractivity contribution in [1.29, 1.82) is 0 Å². The number of aliphatic hydroxyl groups excluding tert-OH is 1. The summed E-state index contributed by atoms with van der Waals surface area (Å²) in [5.74, 6) is -6.32. The summed E-state index contributed by atoms with van der Waals surface area (Å²) < 4.78 is 38.6. The number of benzene rings is 2. The van der Waals surface area contributed by atoms with E-state index in [2.05, 4.69) is 0 Å². The molecule has 2 saturated heterocycles. The van der Waals surface area contributed by atoms with Gasteiger partial charge in [-0.05, 0) is 41.3 Å². The average molecular weight is 417 g/mol. The maximum absolute atomic E-state index is 14.1. The van der Waals surface area contributed by atoms with Crippen LogP contribution in [0.1, 0.15) is 22.8 Å². The number of ether oxygens (including phenoxy) is 2. The molecule has 4 unspecified atom stereocenters. The van der Waals surface area contributed by atoms with E-state index in [4.69, 9.17) is 32.7 Å². The van der Waals surface area contributed by atoms with Gasteiger partial charge >= 0.3 is 5.92 Å². The number of epoxide rings is 1. The van der Waals surface area contributed by atoms with E-state index in [1.807, 2.05) is 12.1 Å². The van der Waals surface area contributed by atoms with Crippen LogP contribution in [-0.4, -0.2) is 40.7 Å². The van der Waals surface area contributed by atoms with Crippen molar-refractivity contribution in [2.24, 2.45) is 0 Å². The third-order valence-corrected chi connectivity index (χ3v) is 5.60. The van der Waals surface area contributed by atoms with Gasteiger partial charge in [0, 0.05) is 10.0 Å². The Kier molecular flexibility index (Phi) is 4.70. The fourth-order valence-electron chi connectivity index (χ4n) is 3.40. The maximum Gasteiger partial charge on any atom is 0.331 e. The normalized spacial score (nSPS) is 31.4. The van der Waals surface area contributed by atoms with Crippen molar-refractivity contribution in [3.05, 3.63) is 69.2 Å². The van der Waals surface area contributed by atoms with Crippen molar-refractivity contribution in [2.45, 2.75) is 36.4 Å². The highest BCUT2D eigenvalue weighted by molar-refractivity contribution is 6.31. The second kappa shape index (κ2) is 6.65. The van der Waals surface area contributed by atoms with Gasteiger partial charge in [-0.15, -0.1) is 0 Å². The number of alkyl halides is 2. The summed E-state index contributed by atoms with van der Waals surface area (Å²) in [6.07, 6.45) is -3.50. The molecule has 2 aliphatic rings. The number of fused-ring (bicyclic) bond motifs is 1. The summed E-state index contributed by atoms with van der Waals surface area (Å²) in [5, 5.41) is 20.5. The Morgan fingerprint density at radius 2 is 1.78 bits per heavy atom. The first-order chi connectivity index (χ1) is 12.8. The van der Waals surface area contributed by atoms with Gasteiger partial charge in [-0.2, -0.15) is 8.78 Å². The quantitative estimate of drug-likeness (QED) is 0.745. The standard InChI is InChI=1S/C19H16Cl2F2O4/c20-13-4-1-10(2-5-13)7-12-8-11(3-6-14(12)21)16-17-19(25,27-17)18(22,23)15(9-24)26-16/h1-6,8,15-17,24-25H,7,9H2. The van der Waals surface area contributed by atoms with Gasteiger partial charge in [-0.25, -0.2) is 0 Å². The summed E-state index contributed by atoms with van der Waals surface area (Å²) in [6, 6.07) is 12.3. The predicted molar refractivity (Wildman–Crippen MR) is 95.2 cm³/mol. The molecular weight excluding hydrogens is 401 g/mol. The first kappa shape index (κ1) is 19.1. The van der Waals surface area contributed by atoms with Crippen molar-refractivity contribution in [2.75, 3.05) is 6.61 Å². The molecule has 2 aromatic rings. The Morgan fingerprint density at radius 1 is 1.07 bits per heavy atom. The van der Waals surface area contributed by atoms with E-state index in [1.165, 1.54) is 0 Å². The lowest BCUT2D eigenvalue weighted by molar-refractivity contribution is -0.270. The van der Waals surface area contributed by atoms with Crippen LogP contribution in [0.15, 0.2) is 42.5 Å². The van der Waals surface area contributed by atoms with Crippen molar-refractivity contribution in [1.82, 2.24) is 0 Å². The van der Waals surface area contributed by atoms with Crippen molar-refractivity contribution < 1.29 is 28.5 Å². The lowest BCUT2D eigenvalue weighted by Crippen LogP contribution is -2.56. The molecule has 2 N–H and O–H groups in total. The van der Waals surface area contributed by atoms with E-state index in [9.17, 15) is 19.0 Å². The number of rotatable bonds is 4. The molecule has 2 heterocycles. The second-order valence-corrected chi connectivity index (χ2v) is 7.58. The Hall–Kier alpha value is -1.28. The molecule has 27 heavy (non-hydrogen) atoms. The van der Waals surface area contributed by atoms with Gasteiger partial charge in [0.25, 0.3) is 5.79 Å². The van der Waals surface area contributed by atoms with Gasteiger partial charge in [-0.3, -0.25) is 0 Å². The summed E-state index contributed by atoms with van der Waals surface area (Å²) in [7, 11) is 0. The van der Waals surface area contributed by atoms with E-state index < -0.39 is 36.6 Å². The molecule has 0 radical (unpaired) electrons. The van der Waals surface area contributed by atoms with Crippen LogP contribution in [0.4, 0.5) is 8.78 Å². The molecule has 2 aromatic carbocycles. The monoisotopic (exact) mass is 416 g/mol. The number of hydrogen-bond acceptors (Lipinski definition) is 4. The first-order valence-electron chi connectivity index (χ1n) is 8.33. The summed E-state index contributed by atoms with van der Waals surface area (Å²) in [5.41, 5.74) is 2.28. The predicted octanol–water partition coefficient (Wildman–Crippen LogP) is 3.74. The van der Waals surface area contributed by atoms with Crippen molar-refractivity contribution in [3.8, 4) is 0 Å². The minimum absolute atomic E-state index is 0.506. The Bertz CT molecular complexity index is 861. The molecule has 2 fully saturated rings. The zero-order valence-electron chi connectivity index (χ0n) is 13.9. The minimum Gasteiger partial charge on any atom is -0.393 e. The van der Waals surface area contributed by atoms with Crippen LogP contribution in [0, 0.1) is 0 Å². The van der Waals surface area contributed by atoms with E-state index in [-0.39, 0.29) is 0 Å². The fourth-order valence-corrected chi connectivity index (χ4v) is 3.71. The summed E-state index contributed by atoms with van der Waals surface area (Å²) in [4.78, 5) is 0. The van der Waals surface area contributed by atoms with Gasteiger partial charge in [0.1, 0.15) is 6.10 Å². The minimum atomic E-state index is -3.69. The van der Waals surface area contributed by atoms with E-state index >= 15 is 0 Å². The van der Waals surface area contributed by atoms with E-state index in [1.54, 1.807) is 30.3 Å². The highest BCUT2D eigenvalue weighted by Gasteiger charge is 2.80. The second-order valence-electron chi connectivity index (χ2n) is 6.74. The Balaban J connectivity index is 1.62. The van der Waals surface area contributed by atoms with Gasteiger partial charge in [0.05, 0.1) is 6.61 Å². The maximum atomic E-state index is 14.1. The smallest absolute Gasteiger partial charge is 0.331 e. The summed E-state index contributed by atoms with van der Waals surface area (Å²) >= 11 is 12.2.